The second-order valence-corrected chi connectivity index (χ2v) is 19.5. The number of unbranched alkanes of at least 4 members (excludes halogenated alkanes) is 18. The van der Waals surface area contributed by atoms with Crippen LogP contribution in [0.3, 0.4) is 0 Å². The van der Waals surface area contributed by atoms with E-state index in [1.165, 1.54) is 83.5 Å². The third-order valence-corrected chi connectivity index (χ3v) is 12.0. The fourth-order valence-electron chi connectivity index (χ4n) is 7.11. The van der Waals surface area contributed by atoms with Gasteiger partial charge < -0.3 is 33.0 Å². The average molecular weight is 894 g/mol. The summed E-state index contributed by atoms with van der Waals surface area (Å²) in [7, 11) is 1.05. The number of hydrogen-bond donors (Lipinski definition) is 1. The van der Waals surface area contributed by atoms with Gasteiger partial charge in [-0.15, -0.1) is 0 Å². The molecule has 62 heavy (non-hydrogen) atoms. The summed E-state index contributed by atoms with van der Waals surface area (Å²) in [5, 5.41) is 10.2. The number of phosphoric acid groups is 1. The molecule has 0 aromatic rings. The zero-order chi connectivity index (χ0) is 45.7. The number of hydrogen-bond acceptors (Lipinski definition) is 10. The maximum Gasteiger partial charge on any atom is 0.306 e. The molecule has 0 fully saturated rings. The number of quaternary nitrogens is 1. The number of allylic oxidation sites excluding steroid dienone is 7. The zero-order valence-electron chi connectivity index (χ0n) is 39.7. The number of ketones is 1. The molecule has 1 unspecified atom stereocenters. The van der Waals surface area contributed by atoms with Gasteiger partial charge in [-0.2, -0.15) is 0 Å². The molecule has 0 saturated heterocycles. The van der Waals surface area contributed by atoms with E-state index in [-0.39, 0.29) is 43.7 Å². The first-order valence-electron chi connectivity index (χ1n) is 24.4. The van der Waals surface area contributed by atoms with Crippen LogP contribution in [0, 0.1) is 11.8 Å². The smallest absolute Gasteiger partial charge is 0.306 e. The molecule has 5 atom stereocenters. The van der Waals surface area contributed by atoms with Gasteiger partial charge in [-0.1, -0.05) is 153 Å². The largest absolute Gasteiger partial charge is 0.756 e. The molecule has 1 aliphatic carbocycles. The van der Waals surface area contributed by atoms with Crippen molar-refractivity contribution in [3.63, 3.8) is 0 Å². The predicted molar refractivity (Wildman–Crippen MR) is 249 cm³/mol. The maximum atomic E-state index is 12.8. The van der Waals surface area contributed by atoms with Crippen molar-refractivity contribution in [2.24, 2.45) is 11.8 Å². The molecule has 0 spiro atoms. The molecule has 1 aliphatic rings. The Balaban J connectivity index is 2.40. The Morgan fingerprint density at radius 2 is 1.29 bits per heavy atom. The van der Waals surface area contributed by atoms with E-state index in [0.29, 0.717) is 43.1 Å². The first-order chi connectivity index (χ1) is 29.8. The van der Waals surface area contributed by atoms with Gasteiger partial charge in [0, 0.05) is 18.8 Å². The van der Waals surface area contributed by atoms with Gasteiger partial charge in [-0.3, -0.25) is 18.9 Å². The van der Waals surface area contributed by atoms with Gasteiger partial charge in [0.25, 0.3) is 7.82 Å². The molecule has 0 saturated carbocycles. The van der Waals surface area contributed by atoms with Gasteiger partial charge in [0.1, 0.15) is 19.8 Å². The van der Waals surface area contributed by atoms with Gasteiger partial charge in [0.05, 0.1) is 33.9 Å². The van der Waals surface area contributed by atoms with Crippen LogP contribution in [0.5, 0.6) is 0 Å². The van der Waals surface area contributed by atoms with Crippen LogP contribution >= 0.6 is 7.82 Å². The molecule has 0 heterocycles. The molecule has 1 rings (SSSR count). The average Bonchev–Trinajstić information content (AvgIpc) is 3.57. The highest BCUT2D eigenvalue weighted by atomic mass is 31.2. The van der Waals surface area contributed by atoms with E-state index in [4.69, 9.17) is 18.5 Å². The van der Waals surface area contributed by atoms with Crippen molar-refractivity contribution < 1.29 is 52.0 Å². The van der Waals surface area contributed by atoms with Crippen LogP contribution in [0.4, 0.5) is 0 Å². The standard InChI is InChI=1S/C50H88NO10P/c1-6-8-10-11-12-13-14-15-16-17-18-19-20-21-22-23-24-25-31-35-50(55)61-46(43-60-62(56,57)59-41-40-51(3,4)5)42-58-49(54)34-30-27-26-29-32-44-36-39-48(53)47(44)38-37-45(52)33-28-9-7-2/h15-16,26,29,36-39,44-47,52H,6-14,17-25,27-28,30-35,40-43H2,1-5H3/b16-15-,29-26-,38-37+/t44-,45-,46+,47+/m0/s1. The Labute approximate surface area is 377 Å². The molecule has 0 amide bonds. The summed E-state index contributed by atoms with van der Waals surface area (Å²) in [6.07, 6.45) is 40.5. The Morgan fingerprint density at radius 1 is 0.742 bits per heavy atom. The molecule has 1 N–H and O–H groups in total. The summed E-state index contributed by atoms with van der Waals surface area (Å²) < 4.78 is 33.9. The quantitative estimate of drug-likeness (QED) is 0.0207. The molecular weight excluding hydrogens is 806 g/mol. The predicted octanol–water partition coefficient (Wildman–Crippen LogP) is 11.2. The van der Waals surface area contributed by atoms with E-state index in [1.54, 1.807) is 12.2 Å². The number of carbonyl (C=O) groups excluding carboxylic acids is 3. The molecular formula is C50H88NO10P. The van der Waals surface area contributed by atoms with Crippen molar-refractivity contribution in [3.8, 4) is 0 Å². The Morgan fingerprint density at radius 3 is 1.92 bits per heavy atom. The number of esters is 2. The molecule has 0 aliphatic heterocycles. The van der Waals surface area contributed by atoms with Crippen LogP contribution in [-0.2, 0) is 37.5 Å². The van der Waals surface area contributed by atoms with Crippen LogP contribution in [-0.4, -0.2) is 87.0 Å². The van der Waals surface area contributed by atoms with Crippen molar-refractivity contribution in [3.05, 3.63) is 48.6 Å². The Kier molecular flexibility index (Phi) is 34.3. The Bertz CT molecular complexity index is 1340. The normalized spacial score (nSPS) is 17.7. The number of aliphatic hydroxyl groups is 1. The molecule has 0 aromatic heterocycles. The van der Waals surface area contributed by atoms with Gasteiger partial charge in [-0.25, -0.2) is 0 Å². The lowest BCUT2D eigenvalue weighted by molar-refractivity contribution is -0.870. The van der Waals surface area contributed by atoms with Crippen molar-refractivity contribution in [1.29, 1.82) is 0 Å². The summed E-state index contributed by atoms with van der Waals surface area (Å²) in [4.78, 5) is 50.2. The van der Waals surface area contributed by atoms with Gasteiger partial charge >= 0.3 is 11.9 Å². The van der Waals surface area contributed by atoms with E-state index in [9.17, 15) is 28.9 Å². The summed E-state index contributed by atoms with van der Waals surface area (Å²) in [5.41, 5.74) is 0. The van der Waals surface area contributed by atoms with Crippen LogP contribution in [0.2, 0.25) is 0 Å². The van der Waals surface area contributed by atoms with Crippen LogP contribution in [0.1, 0.15) is 181 Å². The molecule has 358 valence electrons. The van der Waals surface area contributed by atoms with Crippen LogP contribution in [0.15, 0.2) is 48.6 Å². The number of likely N-dealkylation sites (N-methyl/N-ethyl adjacent to an activating group) is 1. The van der Waals surface area contributed by atoms with E-state index in [0.717, 1.165) is 38.5 Å². The molecule has 12 heteroatoms. The fourth-order valence-corrected chi connectivity index (χ4v) is 7.84. The highest BCUT2D eigenvalue weighted by molar-refractivity contribution is 7.45. The molecule has 0 bridgehead atoms. The first-order valence-corrected chi connectivity index (χ1v) is 25.9. The van der Waals surface area contributed by atoms with E-state index >= 15 is 0 Å². The fraction of sp³-hybridized carbons (Fsp3) is 0.780. The van der Waals surface area contributed by atoms with Gasteiger partial charge in [0.2, 0.25) is 0 Å². The minimum atomic E-state index is -4.68. The third kappa shape index (κ3) is 34.1. The zero-order valence-corrected chi connectivity index (χ0v) is 40.6. The SMILES string of the molecule is CCCCCCCC/C=C\CCCCCCCCCCCC(=O)O[C@H](COC(=O)CCC/C=C\C[C@H]1C=CC(=O)[C@@H]1/C=C/[C@@H](O)CCCCC)COP(=O)([O-])OCC[N+](C)(C)C. The van der Waals surface area contributed by atoms with Crippen molar-refractivity contribution in [1.82, 2.24) is 0 Å². The molecule has 0 aromatic carbocycles. The van der Waals surface area contributed by atoms with Crippen molar-refractivity contribution >= 4 is 25.5 Å². The van der Waals surface area contributed by atoms with Gasteiger partial charge in [0.15, 0.2) is 11.9 Å². The van der Waals surface area contributed by atoms with Crippen LogP contribution in [0.25, 0.3) is 0 Å². The van der Waals surface area contributed by atoms with Crippen LogP contribution < -0.4 is 4.89 Å². The minimum Gasteiger partial charge on any atom is -0.756 e. The summed E-state index contributed by atoms with van der Waals surface area (Å²) >= 11 is 0. The van der Waals surface area contributed by atoms with E-state index in [2.05, 4.69) is 26.0 Å². The molecule has 0 radical (unpaired) electrons. The highest BCUT2D eigenvalue weighted by Gasteiger charge is 2.27. The third-order valence-electron chi connectivity index (χ3n) is 11.1. The number of phosphoric ester groups is 1. The van der Waals surface area contributed by atoms with E-state index < -0.39 is 38.6 Å². The second-order valence-electron chi connectivity index (χ2n) is 18.1. The number of ether oxygens (including phenoxy) is 2. The summed E-state index contributed by atoms with van der Waals surface area (Å²) in [6, 6.07) is 0. The maximum absolute atomic E-state index is 12.8. The number of aliphatic hydroxyl groups excluding tert-OH is 1. The minimum absolute atomic E-state index is 0.0270. The number of carbonyl (C=O) groups is 3. The lowest BCUT2D eigenvalue weighted by atomic mass is 9.90. The number of nitrogens with zero attached hydrogens (tertiary/aromatic N) is 1. The Hall–Kier alpha value is -2.40. The molecule has 11 nitrogen and oxygen atoms in total. The monoisotopic (exact) mass is 894 g/mol. The van der Waals surface area contributed by atoms with Gasteiger partial charge in [-0.05, 0) is 69.8 Å². The summed E-state index contributed by atoms with van der Waals surface area (Å²) in [5.74, 6) is -1.20. The highest BCUT2D eigenvalue weighted by Crippen LogP contribution is 2.38. The van der Waals surface area contributed by atoms with E-state index in [1.807, 2.05) is 45.4 Å². The summed E-state index contributed by atoms with van der Waals surface area (Å²) in [6.45, 7) is 3.90. The lowest BCUT2D eigenvalue weighted by Gasteiger charge is -2.28. The second kappa shape index (κ2) is 36.9. The lowest BCUT2D eigenvalue weighted by Crippen LogP contribution is -2.37. The van der Waals surface area contributed by atoms with Crippen molar-refractivity contribution in [2.45, 2.75) is 193 Å². The van der Waals surface area contributed by atoms with Crippen molar-refractivity contribution in [2.75, 3.05) is 47.5 Å². The first kappa shape index (κ1) is 57.6. The number of rotatable bonds is 41. The topological polar surface area (TPSA) is 148 Å².